The van der Waals surface area contributed by atoms with E-state index in [-0.39, 0.29) is 17.6 Å². The molecule has 4 N–H and O–H groups in total. The van der Waals surface area contributed by atoms with Crippen molar-refractivity contribution in [3.8, 4) is 0 Å². The standard InChI is InChI=1S/C18H18FN5O2/c1-10(2)21-17(25)11-4-3-5-13(6-11)22-18(26)23-16-7-12-9-20-24-15(12)8-14(16)19/h3-10H,1-2H3,(H,20,24)(H,21,25)(H2,22,23,26). The van der Waals surface area contributed by atoms with Crippen LogP contribution in [0.2, 0.25) is 0 Å². The third-order valence-corrected chi connectivity index (χ3v) is 3.58. The highest BCUT2D eigenvalue weighted by Gasteiger charge is 2.11. The van der Waals surface area contributed by atoms with E-state index in [0.29, 0.717) is 22.2 Å². The first-order valence-electron chi connectivity index (χ1n) is 8.04. The van der Waals surface area contributed by atoms with Crippen LogP contribution < -0.4 is 16.0 Å². The number of carbonyl (C=O) groups excluding carboxylic acids is 2. The second kappa shape index (κ2) is 7.22. The Morgan fingerprint density at radius 3 is 2.73 bits per heavy atom. The maximum absolute atomic E-state index is 14.0. The van der Waals surface area contributed by atoms with Gasteiger partial charge in [-0.2, -0.15) is 5.10 Å². The zero-order valence-electron chi connectivity index (χ0n) is 14.3. The van der Waals surface area contributed by atoms with Crippen molar-refractivity contribution in [2.24, 2.45) is 0 Å². The molecule has 1 aromatic heterocycles. The molecule has 0 aliphatic carbocycles. The first kappa shape index (κ1) is 17.4. The minimum Gasteiger partial charge on any atom is -0.350 e. The number of hydrogen-bond acceptors (Lipinski definition) is 3. The van der Waals surface area contributed by atoms with Crippen molar-refractivity contribution < 1.29 is 14.0 Å². The van der Waals surface area contributed by atoms with Crippen LogP contribution in [0.3, 0.4) is 0 Å². The van der Waals surface area contributed by atoms with Crippen molar-refractivity contribution in [2.45, 2.75) is 19.9 Å². The first-order valence-corrected chi connectivity index (χ1v) is 8.04. The number of fused-ring (bicyclic) bond motifs is 1. The molecule has 1 heterocycles. The summed E-state index contributed by atoms with van der Waals surface area (Å²) in [6.45, 7) is 3.72. The second-order valence-corrected chi connectivity index (χ2v) is 6.08. The molecule has 0 atom stereocenters. The summed E-state index contributed by atoms with van der Waals surface area (Å²) in [5.74, 6) is -0.817. The third-order valence-electron chi connectivity index (χ3n) is 3.58. The van der Waals surface area contributed by atoms with Gasteiger partial charge in [-0.15, -0.1) is 0 Å². The summed E-state index contributed by atoms with van der Waals surface area (Å²) in [4.78, 5) is 24.2. The zero-order chi connectivity index (χ0) is 18.7. The fraction of sp³-hybridized carbons (Fsp3) is 0.167. The number of benzene rings is 2. The zero-order valence-corrected chi connectivity index (χ0v) is 14.3. The highest BCUT2D eigenvalue weighted by atomic mass is 19.1. The summed E-state index contributed by atoms with van der Waals surface area (Å²) >= 11 is 0. The molecule has 8 heteroatoms. The molecule has 0 spiro atoms. The van der Waals surface area contributed by atoms with Crippen LogP contribution in [0.1, 0.15) is 24.2 Å². The van der Waals surface area contributed by atoms with Gasteiger partial charge < -0.3 is 16.0 Å². The van der Waals surface area contributed by atoms with Crippen LogP contribution >= 0.6 is 0 Å². The number of nitrogens with zero attached hydrogens (tertiary/aromatic N) is 1. The number of amides is 3. The number of anilines is 2. The van der Waals surface area contributed by atoms with E-state index < -0.39 is 11.8 Å². The van der Waals surface area contributed by atoms with Crippen LogP contribution in [0.15, 0.2) is 42.6 Å². The van der Waals surface area contributed by atoms with Crippen molar-refractivity contribution in [3.63, 3.8) is 0 Å². The van der Waals surface area contributed by atoms with E-state index in [1.807, 2.05) is 13.8 Å². The van der Waals surface area contributed by atoms with Crippen molar-refractivity contribution in [1.29, 1.82) is 0 Å². The molecule has 3 aromatic rings. The predicted octanol–water partition coefficient (Wildman–Crippen LogP) is 3.48. The lowest BCUT2D eigenvalue weighted by molar-refractivity contribution is 0.0943. The molecule has 3 rings (SSSR count). The average Bonchev–Trinajstić information content (AvgIpc) is 3.01. The van der Waals surface area contributed by atoms with E-state index in [1.54, 1.807) is 24.3 Å². The molecular formula is C18H18FN5O2. The summed E-state index contributed by atoms with van der Waals surface area (Å²) in [6.07, 6.45) is 1.54. The number of nitrogens with one attached hydrogen (secondary N) is 4. The SMILES string of the molecule is CC(C)NC(=O)c1cccc(NC(=O)Nc2cc3cn[nH]c3cc2F)c1. The predicted molar refractivity (Wildman–Crippen MR) is 97.7 cm³/mol. The molecule has 134 valence electrons. The summed E-state index contributed by atoms with van der Waals surface area (Å²) in [7, 11) is 0. The second-order valence-electron chi connectivity index (χ2n) is 6.08. The fourth-order valence-corrected chi connectivity index (χ4v) is 2.43. The topological polar surface area (TPSA) is 98.9 Å². The first-order chi connectivity index (χ1) is 12.4. The van der Waals surface area contributed by atoms with Crippen LogP contribution in [0, 0.1) is 5.82 Å². The smallest absolute Gasteiger partial charge is 0.323 e. The molecule has 0 bridgehead atoms. The van der Waals surface area contributed by atoms with Gasteiger partial charge in [-0.1, -0.05) is 6.07 Å². The number of urea groups is 1. The minimum absolute atomic E-state index is 0.00299. The van der Waals surface area contributed by atoms with E-state index >= 15 is 0 Å². The summed E-state index contributed by atoms with van der Waals surface area (Å²) < 4.78 is 14.0. The highest BCUT2D eigenvalue weighted by Crippen LogP contribution is 2.21. The van der Waals surface area contributed by atoms with Gasteiger partial charge in [-0.25, -0.2) is 9.18 Å². The highest BCUT2D eigenvalue weighted by molar-refractivity contribution is 6.02. The Labute approximate surface area is 149 Å². The molecule has 2 aromatic carbocycles. The Balaban J connectivity index is 1.71. The van der Waals surface area contributed by atoms with Gasteiger partial charge in [-0.3, -0.25) is 9.89 Å². The molecular weight excluding hydrogens is 337 g/mol. The number of halogens is 1. The third kappa shape index (κ3) is 3.97. The Kier molecular flexibility index (Phi) is 4.83. The Hall–Kier alpha value is -3.42. The van der Waals surface area contributed by atoms with Gasteiger partial charge in [0.05, 0.1) is 17.4 Å². The molecule has 0 aliphatic rings. The van der Waals surface area contributed by atoms with Crippen molar-refractivity contribution >= 4 is 34.2 Å². The van der Waals surface area contributed by atoms with E-state index in [2.05, 4.69) is 26.1 Å². The Morgan fingerprint density at radius 1 is 1.15 bits per heavy atom. The number of rotatable bonds is 4. The van der Waals surface area contributed by atoms with Crippen LogP contribution in [0.5, 0.6) is 0 Å². The molecule has 0 saturated carbocycles. The molecule has 0 saturated heterocycles. The number of aromatic amines is 1. The fourth-order valence-electron chi connectivity index (χ4n) is 2.43. The lowest BCUT2D eigenvalue weighted by Gasteiger charge is -2.11. The quantitative estimate of drug-likeness (QED) is 0.576. The maximum Gasteiger partial charge on any atom is 0.323 e. The molecule has 26 heavy (non-hydrogen) atoms. The van der Waals surface area contributed by atoms with Crippen LogP contribution in [-0.2, 0) is 0 Å². The lowest BCUT2D eigenvalue weighted by atomic mass is 10.2. The molecule has 3 amide bonds. The Bertz CT molecular complexity index is 967. The normalized spacial score (nSPS) is 10.8. The van der Waals surface area contributed by atoms with Crippen molar-refractivity contribution in [1.82, 2.24) is 15.5 Å². The largest absolute Gasteiger partial charge is 0.350 e. The molecule has 7 nitrogen and oxygen atoms in total. The van der Waals surface area contributed by atoms with Gasteiger partial charge in [0.1, 0.15) is 5.82 Å². The number of hydrogen-bond donors (Lipinski definition) is 4. The number of carbonyl (C=O) groups is 2. The molecule has 0 unspecified atom stereocenters. The Morgan fingerprint density at radius 2 is 1.96 bits per heavy atom. The van der Waals surface area contributed by atoms with Gasteiger partial charge in [0.2, 0.25) is 0 Å². The maximum atomic E-state index is 14.0. The molecule has 0 fully saturated rings. The summed E-state index contributed by atoms with van der Waals surface area (Å²) in [5, 5.41) is 15.0. The summed E-state index contributed by atoms with van der Waals surface area (Å²) in [5.41, 5.74) is 1.41. The van der Waals surface area contributed by atoms with Crippen LogP contribution in [0.4, 0.5) is 20.6 Å². The van der Waals surface area contributed by atoms with Gasteiger partial charge in [-0.05, 0) is 38.1 Å². The van der Waals surface area contributed by atoms with Gasteiger partial charge in [0, 0.05) is 28.7 Å². The average molecular weight is 355 g/mol. The van der Waals surface area contributed by atoms with Crippen LogP contribution in [-0.4, -0.2) is 28.2 Å². The van der Waals surface area contributed by atoms with E-state index in [4.69, 9.17) is 0 Å². The summed E-state index contributed by atoms with van der Waals surface area (Å²) in [6, 6.07) is 8.62. The van der Waals surface area contributed by atoms with Gasteiger partial charge >= 0.3 is 6.03 Å². The van der Waals surface area contributed by atoms with Gasteiger partial charge in [0.25, 0.3) is 5.91 Å². The number of aromatic nitrogens is 2. The monoisotopic (exact) mass is 355 g/mol. The van der Waals surface area contributed by atoms with Crippen LogP contribution in [0.25, 0.3) is 10.9 Å². The molecule has 0 aliphatic heterocycles. The van der Waals surface area contributed by atoms with Crippen molar-refractivity contribution in [2.75, 3.05) is 10.6 Å². The van der Waals surface area contributed by atoms with E-state index in [9.17, 15) is 14.0 Å². The molecule has 0 radical (unpaired) electrons. The van der Waals surface area contributed by atoms with Crippen molar-refractivity contribution in [3.05, 3.63) is 54.0 Å². The van der Waals surface area contributed by atoms with E-state index in [1.165, 1.54) is 18.3 Å². The van der Waals surface area contributed by atoms with E-state index in [0.717, 1.165) is 0 Å². The lowest BCUT2D eigenvalue weighted by Crippen LogP contribution is -2.30. The van der Waals surface area contributed by atoms with Gasteiger partial charge in [0.15, 0.2) is 0 Å². The number of H-pyrrole nitrogens is 1. The minimum atomic E-state index is -0.617.